The van der Waals surface area contributed by atoms with Crippen molar-refractivity contribution in [2.45, 2.75) is 12.1 Å². The van der Waals surface area contributed by atoms with Crippen LogP contribution in [0, 0.1) is 0 Å². The van der Waals surface area contributed by atoms with Gasteiger partial charge in [0.15, 0.2) is 0 Å². The summed E-state index contributed by atoms with van der Waals surface area (Å²) in [5, 5.41) is 9.07. The first-order valence-electron chi connectivity index (χ1n) is 7.03. The number of aromatic carboxylic acids is 1. The zero-order valence-electron chi connectivity index (χ0n) is 12.3. The summed E-state index contributed by atoms with van der Waals surface area (Å²) in [4.78, 5) is 12.9. The number of alkyl halides is 3. The molecule has 0 fully saturated rings. The zero-order chi connectivity index (χ0) is 16.8. The lowest BCUT2D eigenvalue weighted by atomic mass is 9.91. The molecule has 0 saturated heterocycles. The van der Waals surface area contributed by atoms with Gasteiger partial charge in [0.25, 0.3) is 0 Å². The second kappa shape index (κ2) is 5.30. The number of hydrogen-bond donors (Lipinski definition) is 1. The first-order valence-corrected chi connectivity index (χ1v) is 7.03. The number of fused-ring (bicyclic) bond motifs is 1. The summed E-state index contributed by atoms with van der Waals surface area (Å²) in [5.41, 5.74) is 1.66. The minimum absolute atomic E-state index is 0.167. The van der Waals surface area contributed by atoms with Gasteiger partial charge in [-0.25, -0.2) is 4.79 Å². The highest BCUT2D eigenvalue weighted by molar-refractivity contribution is 5.89. The maximum Gasteiger partial charge on any atom is 0.416 e. The molecule has 1 heterocycles. The molecule has 0 aliphatic carbocycles. The lowest BCUT2D eigenvalue weighted by molar-refractivity contribution is -0.137. The Bertz CT molecular complexity index is 771. The van der Waals surface area contributed by atoms with E-state index in [1.165, 1.54) is 18.2 Å². The largest absolute Gasteiger partial charge is 0.478 e. The Balaban J connectivity index is 2.03. The van der Waals surface area contributed by atoms with Crippen LogP contribution in [0.1, 0.15) is 33.0 Å². The van der Waals surface area contributed by atoms with Crippen LogP contribution < -0.4 is 4.90 Å². The van der Waals surface area contributed by atoms with Crippen LogP contribution in [0.3, 0.4) is 0 Å². The molecule has 0 spiro atoms. The Morgan fingerprint density at radius 2 is 1.96 bits per heavy atom. The normalized spacial score (nSPS) is 17.2. The molecule has 1 atom stereocenters. The zero-order valence-corrected chi connectivity index (χ0v) is 12.3. The molecule has 2 aromatic carbocycles. The molecule has 1 aliphatic rings. The van der Waals surface area contributed by atoms with E-state index in [0.717, 1.165) is 17.3 Å². The second-order valence-corrected chi connectivity index (χ2v) is 5.64. The molecule has 0 bridgehead atoms. The molecule has 1 aliphatic heterocycles. The lowest BCUT2D eigenvalue weighted by Crippen LogP contribution is -2.16. The van der Waals surface area contributed by atoms with Gasteiger partial charge in [0.2, 0.25) is 0 Å². The number of carbonyl (C=O) groups is 1. The van der Waals surface area contributed by atoms with Crippen LogP contribution >= 0.6 is 0 Å². The number of anilines is 1. The highest BCUT2D eigenvalue weighted by atomic mass is 19.4. The number of likely N-dealkylation sites (N-methyl/N-ethyl adjacent to an activating group) is 1. The Hall–Kier alpha value is -2.50. The first kappa shape index (κ1) is 15.4. The van der Waals surface area contributed by atoms with Gasteiger partial charge in [0.05, 0.1) is 11.1 Å². The SMILES string of the molecule is CN1CC(c2cccc(C(F)(F)F)c2)c2ccc(C(=O)O)cc21. The van der Waals surface area contributed by atoms with Crippen molar-refractivity contribution in [1.29, 1.82) is 0 Å². The van der Waals surface area contributed by atoms with Gasteiger partial charge in [0, 0.05) is 25.2 Å². The van der Waals surface area contributed by atoms with Gasteiger partial charge in [-0.05, 0) is 29.3 Å². The molecule has 6 heteroatoms. The molecule has 3 nitrogen and oxygen atoms in total. The smallest absolute Gasteiger partial charge is 0.416 e. The van der Waals surface area contributed by atoms with Gasteiger partial charge in [-0.3, -0.25) is 0 Å². The van der Waals surface area contributed by atoms with Crippen molar-refractivity contribution in [3.05, 3.63) is 64.7 Å². The highest BCUT2D eigenvalue weighted by Crippen LogP contribution is 2.41. The quantitative estimate of drug-likeness (QED) is 0.909. The predicted octanol–water partition coefficient (Wildman–Crippen LogP) is 3.99. The molecule has 2 aromatic rings. The third-order valence-electron chi connectivity index (χ3n) is 4.14. The monoisotopic (exact) mass is 321 g/mol. The van der Waals surface area contributed by atoms with Crippen LogP contribution in [0.15, 0.2) is 42.5 Å². The molecule has 1 unspecified atom stereocenters. The van der Waals surface area contributed by atoms with Gasteiger partial charge in [-0.15, -0.1) is 0 Å². The Morgan fingerprint density at radius 1 is 1.22 bits per heavy atom. The standard InChI is InChI=1S/C17H14F3NO2/c1-21-9-14(10-3-2-4-12(7-10)17(18,19)20)13-6-5-11(16(22)23)8-15(13)21/h2-8,14H,9H2,1H3,(H,22,23). The van der Waals surface area contributed by atoms with Crippen LogP contribution in [0.2, 0.25) is 0 Å². The van der Waals surface area contributed by atoms with E-state index in [2.05, 4.69) is 0 Å². The van der Waals surface area contributed by atoms with Gasteiger partial charge in [0.1, 0.15) is 0 Å². The van der Waals surface area contributed by atoms with Crippen LogP contribution in [0.25, 0.3) is 0 Å². The summed E-state index contributed by atoms with van der Waals surface area (Å²) in [6, 6.07) is 10.0. The molecule has 0 radical (unpaired) electrons. The number of carboxylic acid groups (broad SMARTS) is 1. The number of halogens is 3. The van der Waals surface area contributed by atoms with Crippen molar-refractivity contribution in [3.63, 3.8) is 0 Å². The minimum Gasteiger partial charge on any atom is -0.478 e. The molecule has 0 aromatic heterocycles. The fourth-order valence-corrected chi connectivity index (χ4v) is 2.99. The van der Waals surface area contributed by atoms with Crippen molar-refractivity contribution in [1.82, 2.24) is 0 Å². The summed E-state index contributed by atoms with van der Waals surface area (Å²) >= 11 is 0. The average Bonchev–Trinajstić information content (AvgIpc) is 2.83. The van der Waals surface area contributed by atoms with Gasteiger partial charge >= 0.3 is 12.1 Å². The molecule has 0 saturated carbocycles. The van der Waals surface area contributed by atoms with Crippen LogP contribution in [0.5, 0.6) is 0 Å². The summed E-state index contributed by atoms with van der Waals surface area (Å²) in [6.45, 7) is 0.514. The number of hydrogen-bond acceptors (Lipinski definition) is 2. The van der Waals surface area contributed by atoms with Crippen LogP contribution in [-0.4, -0.2) is 24.7 Å². The second-order valence-electron chi connectivity index (χ2n) is 5.64. The highest BCUT2D eigenvalue weighted by Gasteiger charge is 2.33. The maximum absolute atomic E-state index is 12.9. The van der Waals surface area contributed by atoms with E-state index in [-0.39, 0.29) is 11.5 Å². The van der Waals surface area contributed by atoms with Gasteiger partial charge in [-0.2, -0.15) is 13.2 Å². The van der Waals surface area contributed by atoms with E-state index in [9.17, 15) is 18.0 Å². The number of carboxylic acids is 1. The molecular weight excluding hydrogens is 307 g/mol. The first-order chi connectivity index (χ1) is 10.8. The topological polar surface area (TPSA) is 40.5 Å². The summed E-state index contributed by atoms with van der Waals surface area (Å²) < 4.78 is 38.7. The third kappa shape index (κ3) is 2.76. The van der Waals surface area contributed by atoms with Crippen molar-refractivity contribution < 1.29 is 23.1 Å². The van der Waals surface area contributed by atoms with Crippen molar-refractivity contribution >= 4 is 11.7 Å². The maximum atomic E-state index is 12.9. The van der Waals surface area contributed by atoms with Crippen LogP contribution in [0.4, 0.5) is 18.9 Å². The molecular formula is C17H14F3NO2. The number of rotatable bonds is 2. The molecule has 0 amide bonds. The number of benzene rings is 2. The van der Waals surface area contributed by atoms with Gasteiger partial charge in [-0.1, -0.05) is 24.3 Å². The molecule has 3 rings (SSSR count). The Labute approximate surface area is 131 Å². The number of nitrogens with zero attached hydrogens (tertiary/aromatic N) is 1. The summed E-state index contributed by atoms with van der Waals surface area (Å²) in [7, 11) is 1.80. The Kier molecular flexibility index (Phi) is 3.55. The van der Waals surface area contributed by atoms with Crippen molar-refractivity contribution in [2.24, 2.45) is 0 Å². The van der Waals surface area contributed by atoms with Crippen molar-refractivity contribution in [3.8, 4) is 0 Å². The van der Waals surface area contributed by atoms with E-state index < -0.39 is 17.7 Å². The lowest BCUT2D eigenvalue weighted by Gasteiger charge is -2.15. The van der Waals surface area contributed by atoms with E-state index in [0.29, 0.717) is 12.1 Å². The van der Waals surface area contributed by atoms with Crippen LogP contribution in [-0.2, 0) is 6.18 Å². The van der Waals surface area contributed by atoms with E-state index >= 15 is 0 Å². The minimum atomic E-state index is -4.38. The van der Waals surface area contributed by atoms with E-state index in [4.69, 9.17) is 5.11 Å². The van der Waals surface area contributed by atoms with Crippen molar-refractivity contribution in [2.75, 3.05) is 18.5 Å². The molecule has 23 heavy (non-hydrogen) atoms. The van der Waals surface area contributed by atoms with E-state index in [1.54, 1.807) is 25.2 Å². The van der Waals surface area contributed by atoms with Gasteiger partial charge < -0.3 is 10.0 Å². The fourth-order valence-electron chi connectivity index (χ4n) is 2.99. The Morgan fingerprint density at radius 3 is 2.61 bits per heavy atom. The molecule has 1 N–H and O–H groups in total. The average molecular weight is 321 g/mol. The molecule has 120 valence electrons. The third-order valence-corrected chi connectivity index (χ3v) is 4.14. The summed E-state index contributed by atoms with van der Waals surface area (Å²) in [6.07, 6.45) is -4.38. The van der Waals surface area contributed by atoms with E-state index in [1.807, 2.05) is 4.90 Å². The predicted molar refractivity (Wildman–Crippen MR) is 80.0 cm³/mol. The fraction of sp³-hybridized carbons (Fsp3) is 0.235. The summed E-state index contributed by atoms with van der Waals surface area (Å²) in [5.74, 6) is -1.23.